The van der Waals surface area contributed by atoms with Crippen molar-refractivity contribution in [1.82, 2.24) is 4.90 Å². The lowest BCUT2D eigenvalue weighted by atomic mass is 9.76. The van der Waals surface area contributed by atoms with Crippen LogP contribution >= 0.6 is 0 Å². The maximum Gasteiger partial charge on any atom is 0.233 e. The van der Waals surface area contributed by atoms with Crippen LogP contribution in [0.15, 0.2) is 0 Å². The molecule has 1 heterocycles. The molecule has 1 aliphatic carbocycles. The van der Waals surface area contributed by atoms with Crippen molar-refractivity contribution in [3.63, 3.8) is 0 Å². The van der Waals surface area contributed by atoms with Gasteiger partial charge in [-0.1, -0.05) is 0 Å². The second-order valence-corrected chi connectivity index (χ2v) is 4.02. The van der Waals surface area contributed by atoms with Crippen molar-refractivity contribution in [2.75, 3.05) is 13.2 Å². The first-order valence-electron chi connectivity index (χ1n) is 4.86. The first-order valence-corrected chi connectivity index (χ1v) is 4.86. The van der Waals surface area contributed by atoms with E-state index < -0.39 is 6.04 Å². The SMILES string of the molecule is NC(CO)CN1C(=O)C2CCC2C1=O. The molecule has 2 amide bonds. The van der Waals surface area contributed by atoms with Crippen LogP contribution in [0.3, 0.4) is 0 Å². The van der Waals surface area contributed by atoms with Gasteiger partial charge in [-0.3, -0.25) is 14.5 Å². The highest BCUT2D eigenvalue weighted by molar-refractivity contribution is 6.06. The molecule has 3 N–H and O–H groups in total. The largest absolute Gasteiger partial charge is 0.395 e. The fourth-order valence-corrected chi connectivity index (χ4v) is 2.07. The number of rotatable bonds is 3. The highest BCUT2D eigenvalue weighted by Gasteiger charge is 2.52. The standard InChI is InChI=1S/C9H14N2O3/c10-5(4-12)3-11-8(13)6-1-2-7(6)9(11)14/h5-7,12H,1-4,10H2. The van der Waals surface area contributed by atoms with Gasteiger partial charge < -0.3 is 10.8 Å². The van der Waals surface area contributed by atoms with Crippen molar-refractivity contribution in [2.45, 2.75) is 18.9 Å². The van der Waals surface area contributed by atoms with Gasteiger partial charge in [0.15, 0.2) is 0 Å². The molecule has 1 saturated carbocycles. The second-order valence-electron chi connectivity index (χ2n) is 4.02. The van der Waals surface area contributed by atoms with E-state index in [0.29, 0.717) is 0 Å². The molecule has 2 fully saturated rings. The number of aliphatic hydroxyl groups excluding tert-OH is 1. The molecule has 5 nitrogen and oxygen atoms in total. The number of imide groups is 1. The summed E-state index contributed by atoms with van der Waals surface area (Å²) in [6, 6.07) is -0.514. The Morgan fingerprint density at radius 3 is 2.21 bits per heavy atom. The van der Waals surface area contributed by atoms with Crippen molar-refractivity contribution < 1.29 is 14.7 Å². The van der Waals surface area contributed by atoms with Crippen LogP contribution in [0.1, 0.15) is 12.8 Å². The van der Waals surface area contributed by atoms with E-state index in [0.717, 1.165) is 12.8 Å². The number of aliphatic hydroxyl groups is 1. The molecule has 0 aromatic heterocycles. The van der Waals surface area contributed by atoms with E-state index in [4.69, 9.17) is 10.8 Å². The van der Waals surface area contributed by atoms with Gasteiger partial charge >= 0.3 is 0 Å². The average molecular weight is 198 g/mol. The smallest absolute Gasteiger partial charge is 0.233 e. The summed E-state index contributed by atoms with van der Waals surface area (Å²) < 4.78 is 0. The summed E-state index contributed by atoms with van der Waals surface area (Å²) in [6.07, 6.45) is 1.64. The van der Waals surface area contributed by atoms with Gasteiger partial charge in [0.25, 0.3) is 0 Å². The molecule has 14 heavy (non-hydrogen) atoms. The van der Waals surface area contributed by atoms with Crippen molar-refractivity contribution >= 4 is 11.8 Å². The number of likely N-dealkylation sites (tertiary alicyclic amines) is 1. The molecule has 2 aliphatic rings. The average Bonchev–Trinajstić information content (AvgIpc) is 2.24. The van der Waals surface area contributed by atoms with Crippen molar-refractivity contribution in [1.29, 1.82) is 0 Å². The van der Waals surface area contributed by atoms with Gasteiger partial charge in [0.05, 0.1) is 18.4 Å². The Morgan fingerprint density at radius 2 is 1.86 bits per heavy atom. The molecule has 78 valence electrons. The van der Waals surface area contributed by atoms with Crippen molar-refractivity contribution in [3.8, 4) is 0 Å². The normalized spacial score (nSPS) is 32.9. The molecule has 0 aromatic carbocycles. The van der Waals surface area contributed by atoms with E-state index in [9.17, 15) is 9.59 Å². The lowest BCUT2D eigenvalue weighted by molar-refractivity contribution is -0.139. The lowest BCUT2D eigenvalue weighted by Gasteiger charge is -2.24. The summed E-state index contributed by atoms with van der Waals surface area (Å²) in [5.41, 5.74) is 5.49. The van der Waals surface area contributed by atoms with E-state index in [1.807, 2.05) is 0 Å². The van der Waals surface area contributed by atoms with E-state index in [1.54, 1.807) is 0 Å². The number of hydrogen-bond donors (Lipinski definition) is 2. The number of nitrogens with zero attached hydrogens (tertiary/aromatic N) is 1. The van der Waals surface area contributed by atoms with Crippen LogP contribution in [0, 0.1) is 11.8 Å². The fourth-order valence-electron chi connectivity index (χ4n) is 2.07. The van der Waals surface area contributed by atoms with E-state index >= 15 is 0 Å². The van der Waals surface area contributed by atoms with Crippen LogP contribution in [0.5, 0.6) is 0 Å². The molecule has 5 heteroatoms. The minimum absolute atomic E-state index is 0.0895. The van der Waals surface area contributed by atoms with Gasteiger partial charge in [0.2, 0.25) is 11.8 Å². The van der Waals surface area contributed by atoms with Crippen LogP contribution in [0.25, 0.3) is 0 Å². The minimum Gasteiger partial charge on any atom is -0.395 e. The van der Waals surface area contributed by atoms with Crippen LogP contribution in [-0.2, 0) is 9.59 Å². The number of carbonyl (C=O) groups excluding carboxylic acids is 2. The Kier molecular flexibility index (Phi) is 2.28. The predicted octanol–water partition coefficient (Wildman–Crippen LogP) is -1.30. The predicted molar refractivity (Wildman–Crippen MR) is 48.0 cm³/mol. The molecule has 1 aliphatic heterocycles. The quantitative estimate of drug-likeness (QED) is 0.552. The third kappa shape index (κ3) is 1.24. The summed E-state index contributed by atoms with van der Waals surface area (Å²) in [7, 11) is 0. The summed E-state index contributed by atoms with van der Waals surface area (Å²) in [4.78, 5) is 24.4. The van der Waals surface area contributed by atoms with Gasteiger partial charge in [0, 0.05) is 12.6 Å². The maximum absolute atomic E-state index is 11.6. The number of fused-ring (bicyclic) bond motifs is 1. The van der Waals surface area contributed by atoms with Crippen LogP contribution in [0.4, 0.5) is 0 Å². The Bertz CT molecular complexity index is 257. The third-order valence-corrected chi connectivity index (χ3v) is 3.09. The first kappa shape index (κ1) is 9.61. The summed E-state index contributed by atoms with van der Waals surface area (Å²) in [5.74, 6) is -0.382. The zero-order valence-corrected chi connectivity index (χ0v) is 7.85. The first-order chi connectivity index (χ1) is 6.65. The maximum atomic E-state index is 11.6. The van der Waals surface area contributed by atoms with E-state index in [1.165, 1.54) is 4.90 Å². The van der Waals surface area contributed by atoms with Gasteiger partial charge in [0.1, 0.15) is 0 Å². The number of amides is 2. The van der Waals surface area contributed by atoms with E-state index in [-0.39, 0.29) is 36.8 Å². The van der Waals surface area contributed by atoms with Gasteiger partial charge in [-0.15, -0.1) is 0 Å². The van der Waals surface area contributed by atoms with E-state index in [2.05, 4.69) is 0 Å². The van der Waals surface area contributed by atoms with Crippen molar-refractivity contribution in [3.05, 3.63) is 0 Å². The molecule has 0 radical (unpaired) electrons. The highest BCUT2D eigenvalue weighted by atomic mass is 16.3. The van der Waals surface area contributed by atoms with Crippen LogP contribution < -0.4 is 5.73 Å². The number of hydrogen-bond acceptors (Lipinski definition) is 4. The number of carbonyl (C=O) groups is 2. The Balaban J connectivity index is 2.04. The Morgan fingerprint density at radius 1 is 1.36 bits per heavy atom. The third-order valence-electron chi connectivity index (χ3n) is 3.09. The Hall–Kier alpha value is -0.940. The molecule has 2 rings (SSSR count). The molecule has 0 spiro atoms. The summed E-state index contributed by atoms with van der Waals surface area (Å²) in [5, 5.41) is 8.74. The van der Waals surface area contributed by atoms with Crippen LogP contribution in [0.2, 0.25) is 0 Å². The summed E-state index contributed by atoms with van der Waals surface area (Å²) in [6.45, 7) is -0.0481. The summed E-state index contributed by atoms with van der Waals surface area (Å²) >= 11 is 0. The minimum atomic E-state index is -0.514. The molecular weight excluding hydrogens is 184 g/mol. The van der Waals surface area contributed by atoms with Gasteiger partial charge in [-0.25, -0.2) is 0 Å². The monoisotopic (exact) mass is 198 g/mol. The fraction of sp³-hybridized carbons (Fsp3) is 0.778. The molecular formula is C9H14N2O3. The van der Waals surface area contributed by atoms with Gasteiger partial charge in [-0.2, -0.15) is 0 Å². The zero-order valence-electron chi connectivity index (χ0n) is 7.85. The van der Waals surface area contributed by atoms with Gasteiger partial charge in [-0.05, 0) is 12.8 Å². The molecule has 3 unspecified atom stereocenters. The molecule has 0 aromatic rings. The van der Waals surface area contributed by atoms with Crippen LogP contribution in [-0.4, -0.2) is 41.0 Å². The molecule has 0 bridgehead atoms. The zero-order chi connectivity index (χ0) is 10.3. The topological polar surface area (TPSA) is 83.6 Å². The number of nitrogens with two attached hydrogens (primary N) is 1. The van der Waals surface area contributed by atoms with Crippen molar-refractivity contribution in [2.24, 2.45) is 17.6 Å². The second kappa shape index (κ2) is 3.33. The molecule has 1 saturated heterocycles. The lowest BCUT2D eigenvalue weighted by Crippen LogP contribution is -2.42. The molecule has 3 atom stereocenters. The highest BCUT2D eigenvalue weighted by Crippen LogP contribution is 2.42. The Labute approximate surface area is 81.9 Å².